The summed E-state index contributed by atoms with van der Waals surface area (Å²) in [6, 6.07) is 9.25. The van der Waals surface area contributed by atoms with E-state index in [-0.39, 0.29) is 34.1 Å². The van der Waals surface area contributed by atoms with Crippen LogP contribution in [0.25, 0.3) is 0 Å². The molecular weight excluding hydrogens is 444 g/mol. The molecule has 178 valence electrons. The van der Waals surface area contributed by atoms with Crippen molar-refractivity contribution in [3.05, 3.63) is 64.7 Å². The van der Waals surface area contributed by atoms with Gasteiger partial charge in [0.15, 0.2) is 34.5 Å². The number of carbonyl (C=O) groups is 2. The Hall–Kier alpha value is -4.40. The van der Waals surface area contributed by atoms with Crippen LogP contribution in [0, 0.1) is 0 Å². The molecule has 0 saturated carbocycles. The molecule has 3 rings (SSSR count). The quantitative estimate of drug-likeness (QED) is 0.211. The number of aromatic hydroxyl groups is 4. The maximum absolute atomic E-state index is 13.2. The maximum atomic E-state index is 13.2. The van der Waals surface area contributed by atoms with Gasteiger partial charge in [0.25, 0.3) is 0 Å². The number of carbonyl (C=O) groups excluding carboxylic acids is 2. The van der Waals surface area contributed by atoms with E-state index in [1.54, 1.807) is 6.07 Å². The Morgan fingerprint density at radius 3 is 1.79 bits per heavy atom. The fourth-order valence-corrected chi connectivity index (χ4v) is 3.56. The van der Waals surface area contributed by atoms with Gasteiger partial charge in [0, 0.05) is 5.56 Å². The lowest BCUT2D eigenvalue weighted by molar-refractivity contribution is 0.0814. The van der Waals surface area contributed by atoms with E-state index >= 15 is 0 Å². The van der Waals surface area contributed by atoms with Gasteiger partial charge in [-0.25, -0.2) is 0 Å². The number of Topliss-reactive ketones (excluding diaryl/α,β-unsaturated/α-hetero) is 2. The van der Waals surface area contributed by atoms with E-state index < -0.39 is 23.1 Å². The lowest BCUT2D eigenvalue weighted by Gasteiger charge is -2.19. The molecule has 34 heavy (non-hydrogen) atoms. The second kappa shape index (κ2) is 10.0. The van der Waals surface area contributed by atoms with E-state index in [2.05, 4.69) is 0 Å². The zero-order valence-corrected chi connectivity index (χ0v) is 18.8. The molecule has 0 bridgehead atoms. The summed E-state index contributed by atoms with van der Waals surface area (Å²) in [7, 11) is 4.12. The van der Waals surface area contributed by atoms with Crippen LogP contribution in [0.2, 0.25) is 0 Å². The number of phenols is 4. The second-order valence-corrected chi connectivity index (χ2v) is 7.37. The molecule has 4 N–H and O–H groups in total. The molecule has 0 aliphatic heterocycles. The second-order valence-electron chi connectivity index (χ2n) is 7.37. The average molecular weight is 468 g/mol. The molecule has 0 amide bonds. The fraction of sp³-hybridized carbons (Fsp3) is 0.200. The summed E-state index contributed by atoms with van der Waals surface area (Å²) >= 11 is 0. The van der Waals surface area contributed by atoms with Gasteiger partial charge in [-0.1, -0.05) is 6.07 Å². The van der Waals surface area contributed by atoms with Crippen LogP contribution >= 0.6 is 0 Å². The van der Waals surface area contributed by atoms with Gasteiger partial charge in [0.1, 0.15) is 0 Å². The number of benzene rings is 3. The molecule has 0 saturated heterocycles. The van der Waals surface area contributed by atoms with E-state index in [0.29, 0.717) is 24.2 Å². The molecular formula is C25H24O9. The van der Waals surface area contributed by atoms with E-state index in [9.17, 15) is 30.0 Å². The van der Waals surface area contributed by atoms with Crippen molar-refractivity contribution in [2.45, 2.75) is 12.8 Å². The minimum atomic E-state index is -0.921. The van der Waals surface area contributed by atoms with E-state index in [0.717, 1.165) is 17.7 Å². The van der Waals surface area contributed by atoms with Gasteiger partial charge in [-0.15, -0.1) is 0 Å². The number of aryl methyl sites for hydroxylation is 2. The zero-order valence-electron chi connectivity index (χ0n) is 18.8. The highest BCUT2D eigenvalue weighted by Gasteiger charge is 2.29. The van der Waals surface area contributed by atoms with Crippen molar-refractivity contribution < 1.29 is 44.2 Å². The monoisotopic (exact) mass is 468 g/mol. The Kier molecular flexibility index (Phi) is 7.15. The molecule has 0 atom stereocenters. The van der Waals surface area contributed by atoms with Crippen molar-refractivity contribution in [2.75, 3.05) is 21.3 Å². The third-order valence-corrected chi connectivity index (χ3v) is 5.29. The normalized spacial score (nSPS) is 10.6. The smallest absolute Gasteiger partial charge is 0.237 e. The molecule has 0 spiro atoms. The first-order valence-electron chi connectivity index (χ1n) is 10.2. The summed E-state index contributed by atoms with van der Waals surface area (Å²) in [5, 5.41) is 38.4. The Morgan fingerprint density at radius 1 is 0.647 bits per heavy atom. The number of rotatable bonds is 9. The molecule has 0 radical (unpaired) electrons. The van der Waals surface area contributed by atoms with Gasteiger partial charge < -0.3 is 34.6 Å². The molecule has 0 aliphatic rings. The summed E-state index contributed by atoms with van der Waals surface area (Å²) < 4.78 is 16.3. The zero-order chi connectivity index (χ0) is 25.0. The third-order valence-electron chi connectivity index (χ3n) is 5.29. The van der Waals surface area contributed by atoms with Gasteiger partial charge in [-0.2, -0.15) is 0 Å². The molecule has 0 aromatic heterocycles. The van der Waals surface area contributed by atoms with Crippen molar-refractivity contribution in [3.63, 3.8) is 0 Å². The topological polar surface area (TPSA) is 143 Å². The minimum Gasteiger partial charge on any atom is -0.504 e. The van der Waals surface area contributed by atoms with Crippen molar-refractivity contribution >= 4 is 11.6 Å². The standard InChI is InChI=1S/C25H24O9/c1-32-23-15(6-4-13-5-8-17(26)19(28)10-13)11-16(24(33-2)25(23)34-3)22(31)21(30)14-7-9-18(27)20(29)12-14/h5,7-12,26-29H,4,6H2,1-3H3. The van der Waals surface area contributed by atoms with Crippen molar-refractivity contribution in [1.82, 2.24) is 0 Å². The average Bonchev–Trinajstić information content (AvgIpc) is 2.84. The summed E-state index contributed by atoms with van der Waals surface area (Å²) in [5.74, 6) is -2.83. The van der Waals surface area contributed by atoms with E-state index in [4.69, 9.17) is 14.2 Å². The van der Waals surface area contributed by atoms with Crippen LogP contribution in [-0.4, -0.2) is 53.3 Å². The van der Waals surface area contributed by atoms with Crippen LogP contribution in [0.3, 0.4) is 0 Å². The van der Waals surface area contributed by atoms with Crippen LogP contribution in [0.1, 0.15) is 31.8 Å². The SMILES string of the molecule is COc1c(CCc2ccc(O)c(O)c2)cc(C(=O)C(=O)c2ccc(O)c(O)c2)c(OC)c1OC. The Bertz CT molecular complexity index is 1250. The Balaban J connectivity index is 2.04. The van der Waals surface area contributed by atoms with E-state index in [1.807, 2.05) is 0 Å². The molecule has 9 heteroatoms. The number of phenolic OH excluding ortho intramolecular Hbond substituents is 4. The molecule has 3 aromatic rings. The van der Waals surface area contributed by atoms with Crippen LogP contribution in [0.5, 0.6) is 40.2 Å². The first-order valence-corrected chi connectivity index (χ1v) is 10.2. The Labute approximate surface area is 195 Å². The predicted octanol–water partition coefficient (Wildman–Crippen LogP) is 3.39. The highest BCUT2D eigenvalue weighted by Crippen LogP contribution is 2.44. The van der Waals surface area contributed by atoms with Gasteiger partial charge >= 0.3 is 0 Å². The highest BCUT2D eigenvalue weighted by atomic mass is 16.5. The van der Waals surface area contributed by atoms with E-state index in [1.165, 1.54) is 45.6 Å². The van der Waals surface area contributed by atoms with Crippen molar-refractivity contribution in [2.24, 2.45) is 0 Å². The predicted molar refractivity (Wildman–Crippen MR) is 122 cm³/mol. The van der Waals surface area contributed by atoms with Crippen LogP contribution in [-0.2, 0) is 12.8 Å². The fourth-order valence-electron chi connectivity index (χ4n) is 3.56. The van der Waals surface area contributed by atoms with Crippen molar-refractivity contribution in [3.8, 4) is 40.2 Å². The number of methoxy groups -OCH3 is 3. The molecule has 0 heterocycles. The lowest BCUT2D eigenvalue weighted by Crippen LogP contribution is -2.17. The number of hydrogen-bond donors (Lipinski definition) is 4. The molecule has 3 aromatic carbocycles. The summed E-state index contributed by atoms with van der Waals surface area (Å²) in [6.07, 6.45) is 0.745. The maximum Gasteiger partial charge on any atom is 0.237 e. The molecule has 0 fully saturated rings. The van der Waals surface area contributed by atoms with Gasteiger partial charge in [-0.3, -0.25) is 9.59 Å². The molecule has 9 nitrogen and oxygen atoms in total. The molecule has 0 aliphatic carbocycles. The first-order chi connectivity index (χ1) is 16.2. The number of hydrogen-bond acceptors (Lipinski definition) is 9. The summed E-state index contributed by atoms with van der Waals surface area (Å²) in [6.45, 7) is 0. The van der Waals surface area contributed by atoms with Crippen LogP contribution in [0.15, 0.2) is 42.5 Å². The van der Waals surface area contributed by atoms with Crippen LogP contribution in [0.4, 0.5) is 0 Å². The van der Waals surface area contributed by atoms with Gasteiger partial charge in [-0.05, 0) is 60.4 Å². The Morgan fingerprint density at radius 2 is 1.24 bits per heavy atom. The third kappa shape index (κ3) is 4.68. The number of ketones is 2. The summed E-state index contributed by atoms with van der Waals surface area (Å²) in [5.41, 5.74) is 1.08. The van der Waals surface area contributed by atoms with Crippen LogP contribution < -0.4 is 14.2 Å². The largest absolute Gasteiger partial charge is 0.504 e. The molecule has 0 unspecified atom stereocenters. The van der Waals surface area contributed by atoms with Gasteiger partial charge in [0.2, 0.25) is 17.3 Å². The van der Waals surface area contributed by atoms with Gasteiger partial charge in [0.05, 0.1) is 26.9 Å². The highest BCUT2D eigenvalue weighted by molar-refractivity contribution is 6.50. The number of ether oxygens (including phenoxy) is 3. The summed E-state index contributed by atoms with van der Waals surface area (Å²) in [4.78, 5) is 26.0. The minimum absolute atomic E-state index is 0.00623. The first kappa shape index (κ1) is 24.2. The lowest BCUT2D eigenvalue weighted by atomic mass is 9.95. The van der Waals surface area contributed by atoms with Crippen molar-refractivity contribution in [1.29, 1.82) is 0 Å².